The lowest BCUT2D eigenvalue weighted by molar-refractivity contribution is 0.104. The molecule has 1 aromatic rings. The summed E-state index contributed by atoms with van der Waals surface area (Å²) in [6, 6.07) is 5.17. The van der Waals surface area contributed by atoms with Crippen LogP contribution >= 0.6 is 23.2 Å². The fraction of sp³-hybridized carbons (Fsp3) is 0.571. The van der Waals surface area contributed by atoms with Crippen molar-refractivity contribution in [1.82, 2.24) is 5.32 Å². The van der Waals surface area contributed by atoms with Crippen molar-refractivity contribution in [3.63, 3.8) is 0 Å². The van der Waals surface area contributed by atoms with Crippen LogP contribution in [0.4, 0.5) is 0 Å². The molecule has 0 heterocycles. The van der Waals surface area contributed by atoms with Gasteiger partial charge in [-0.1, -0.05) is 23.2 Å². The molecular formula is C14H21Cl2NO3S. The zero-order valence-electron chi connectivity index (χ0n) is 12.1. The van der Waals surface area contributed by atoms with Gasteiger partial charge in [-0.2, -0.15) is 0 Å². The minimum absolute atomic E-state index is 0.164. The number of nitrogens with one attached hydrogen (secondary N) is 1. The molecule has 0 amide bonds. The van der Waals surface area contributed by atoms with Gasteiger partial charge in [0.25, 0.3) is 0 Å². The second kappa shape index (κ2) is 9.64. The molecular weight excluding hydrogens is 333 g/mol. The van der Waals surface area contributed by atoms with Crippen molar-refractivity contribution in [2.75, 3.05) is 25.2 Å². The molecule has 3 unspecified atom stereocenters. The monoisotopic (exact) mass is 353 g/mol. The fourth-order valence-corrected chi connectivity index (χ4v) is 2.57. The smallest absolute Gasteiger partial charge is 0.121 e. The molecule has 0 aliphatic heterocycles. The molecule has 0 spiro atoms. The second-order valence-electron chi connectivity index (χ2n) is 4.92. The number of halogens is 2. The molecule has 21 heavy (non-hydrogen) atoms. The third kappa shape index (κ3) is 8.02. The molecule has 0 aliphatic carbocycles. The van der Waals surface area contributed by atoms with Crippen LogP contribution in [-0.2, 0) is 10.8 Å². The van der Waals surface area contributed by atoms with Crippen LogP contribution in [0.2, 0.25) is 10.0 Å². The molecule has 0 aromatic heterocycles. The Kier molecular flexibility index (Phi) is 8.59. The predicted molar refractivity (Wildman–Crippen MR) is 89.0 cm³/mol. The lowest BCUT2D eigenvalue weighted by Gasteiger charge is -2.17. The maximum Gasteiger partial charge on any atom is 0.121 e. The molecule has 0 fully saturated rings. The fourth-order valence-electron chi connectivity index (χ4n) is 1.60. The molecule has 1 aromatic carbocycles. The van der Waals surface area contributed by atoms with E-state index in [4.69, 9.17) is 27.9 Å². The van der Waals surface area contributed by atoms with Crippen LogP contribution in [0.1, 0.15) is 13.3 Å². The highest BCUT2D eigenvalue weighted by atomic mass is 35.5. The Morgan fingerprint density at radius 3 is 2.71 bits per heavy atom. The van der Waals surface area contributed by atoms with Gasteiger partial charge in [-0.25, -0.2) is 0 Å². The largest absolute Gasteiger partial charge is 0.491 e. The summed E-state index contributed by atoms with van der Waals surface area (Å²) < 4.78 is 16.4. The highest BCUT2D eigenvalue weighted by molar-refractivity contribution is 7.84. The first-order valence-corrected chi connectivity index (χ1v) is 9.16. The lowest BCUT2D eigenvalue weighted by atomic mass is 10.2. The van der Waals surface area contributed by atoms with Crippen molar-refractivity contribution in [2.24, 2.45) is 0 Å². The summed E-state index contributed by atoms with van der Waals surface area (Å²) in [5, 5.41) is 13.9. The summed E-state index contributed by atoms with van der Waals surface area (Å²) in [7, 11) is -0.783. The summed E-state index contributed by atoms with van der Waals surface area (Å²) in [5.74, 6) is 1.22. The molecule has 3 atom stereocenters. The van der Waals surface area contributed by atoms with Crippen molar-refractivity contribution >= 4 is 34.0 Å². The van der Waals surface area contributed by atoms with Crippen molar-refractivity contribution in [3.05, 3.63) is 28.2 Å². The van der Waals surface area contributed by atoms with Crippen LogP contribution in [0, 0.1) is 0 Å². The molecule has 7 heteroatoms. The van der Waals surface area contributed by atoms with Gasteiger partial charge < -0.3 is 15.2 Å². The van der Waals surface area contributed by atoms with Crippen LogP contribution in [0.3, 0.4) is 0 Å². The topological polar surface area (TPSA) is 58.6 Å². The third-order valence-corrected chi connectivity index (χ3v) is 4.42. The Labute approximate surface area is 138 Å². The van der Waals surface area contributed by atoms with Gasteiger partial charge in [0.2, 0.25) is 0 Å². The average molecular weight is 354 g/mol. The SMILES string of the molecule is CC(CCS(C)=O)NCC(O)COc1ccc(Cl)c(Cl)c1. The quantitative estimate of drug-likeness (QED) is 0.715. The van der Waals surface area contributed by atoms with Crippen molar-refractivity contribution in [3.8, 4) is 5.75 Å². The zero-order valence-corrected chi connectivity index (χ0v) is 14.5. The van der Waals surface area contributed by atoms with E-state index in [0.29, 0.717) is 28.1 Å². The summed E-state index contributed by atoms with van der Waals surface area (Å²) in [6.45, 7) is 2.58. The maximum atomic E-state index is 11.0. The number of aliphatic hydroxyl groups excluding tert-OH is 1. The molecule has 1 rings (SSSR count). The standard InChI is InChI=1S/C14H21Cl2NO3S/c1-10(5-6-21(2)19)17-8-11(18)9-20-12-3-4-13(15)14(16)7-12/h3-4,7,10-11,17-18H,5-6,8-9H2,1-2H3. The maximum absolute atomic E-state index is 11.0. The van der Waals surface area contributed by atoms with Crippen LogP contribution in [0.15, 0.2) is 18.2 Å². The van der Waals surface area contributed by atoms with E-state index in [1.54, 1.807) is 24.5 Å². The van der Waals surface area contributed by atoms with Gasteiger partial charge in [0, 0.05) is 41.5 Å². The van der Waals surface area contributed by atoms with E-state index >= 15 is 0 Å². The molecule has 0 bridgehead atoms. The van der Waals surface area contributed by atoms with Gasteiger partial charge in [0.05, 0.1) is 10.0 Å². The number of ether oxygens (including phenoxy) is 1. The Balaban J connectivity index is 2.25. The van der Waals surface area contributed by atoms with Crippen LogP contribution < -0.4 is 10.1 Å². The predicted octanol–water partition coefficient (Wildman–Crippen LogP) is 2.48. The van der Waals surface area contributed by atoms with E-state index in [1.165, 1.54) is 0 Å². The molecule has 0 radical (unpaired) electrons. The van der Waals surface area contributed by atoms with Crippen molar-refractivity contribution < 1.29 is 14.1 Å². The van der Waals surface area contributed by atoms with Gasteiger partial charge in [0.15, 0.2) is 0 Å². The Morgan fingerprint density at radius 1 is 1.38 bits per heavy atom. The van der Waals surface area contributed by atoms with Gasteiger partial charge >= 0.3 is 0 Å². The molecule has 0 aliphatic rings. The number of hydrogen-bond acceptors (Lipinski definition) is 4. The summed E-state index contributed by atoms with van der Waals surface area (Å²) in [4.78, 5) is 0. The minimum atomic E-state index is -0.783. The van der Waals surface area contributed by atoms with E-state index in [0.717, 1.165) is 6.42 Å². The van der Waals surface area contributed by atoms with Crippen molar-refractivity contribution in [1.29, 1.82) is 0 Å². The normalized spacial score (nSPS) is 15.5. The summed E-state index contributed by atoms with van der Waals surface area (Å²) in [5.41, 5.74) is 0. The van der Waals surface area contributed by atoms with Gasteiger partial charge in [-0.15, -0.1) is 0 Å². The number of aliphatic hydroxyl groups is 1. The van der Waals surface area contributed by atoms with Crippen LogP contribution in [0.25, 0.3) is 0 Å². The lowest BCUT2D eigenvalue weighted by Crippen LogP contribution is -2.37. The van der Waals surface area contributed by atoms with E-state index in [-0.39, 0.29) is 12.6 Å². The van der Waals surface area contributed by atoms with Gasteiger partial charge in [-0.05, 0) is 25.5 Å². The Bertz CT molecular complexity index is 474. The first-order valence-electron chi connectivity index (χ1n) is 6.67. The molecule has 2 N–H and O–H groups in total. The summed E-state index contributed by atoms with van der Waals surface area (Å²) >= 11 is 11.7. The molecule has 4 nitrogen and oxygen atoms in total. The van der Waals surface area contributed by atoms with Crippen LogP contribution in [0.5, 0.6) is 5.75 Å². The number of rotatable bonds is 9. The number of hydrogen-bond donors (Lipinski definition) is 2. The first-order chi connectivity index (χ1) is 9.88. The van der Waals surface area contributed by atoms with Gasteiger partial charge in [-0.3, -0.25) is 4.21 Å². The minimum Gasteiger partial charge on any atom is -0.491 e. The highest BCUT2D eigenvalue weighted by Crippen LogP contribution is 2.26. The molecule has 0 saturated carbocycles. The second-order valence-corrected chi connectivity index (χ2v) is 7.29. The van der Waals surface area contributed by atoms with E-state index < -0.39 is 16.9 Å². The molecule has 0 saturated heterocycles. The molecule has 120 valence electrons. The highest BCUT2D eigenvalue weighted by Gasteiger charge is 2.09. The van der Waals surface area contributed by atoms with Crippen molar-refractivity contribution in [2.45, 2.75) is 25.5 Å². The van der Waals surface area contributed by atoms with E-state index in [9.17, 15) is 9.32 Å². The summed E-state index contributed by atoms with van der Waals surface area (Å²) in [6.07, 6.45) is 1.87. The number of benzene rings is 1. The van der Waals surface area contributed by atoms with E-state index in [1.807, 2.05) is 6.92 Å². The zero-order chi connectivity index (χ0) is 15.8. The average Bonchev–Trinajstić information content (AvgIpc) is 2.44. The first kappa shape index (κ1) is 18.7. The van der Waals surface area contributed by atoms with Gasteiger partial charge in [0.1, 0.15) is 18.5 Å². The third-order valence-electron chi connectivity index (χ3n) is 2.87. The Morgan fingerprint density at radius 2 is 2.10 bits per heavy atom. The van der Waals surface area contributed by atoms with E-state index in [2.05, 4.69) is 5.32 Å². The van der Waals surface area contributed by atoms with Crippen LogP contribution in [-0.4, -0.2) is 46.6 Å². The Hall–Kier alpha value is -0.330.